The lowest BCUT2D eigenvalue weighted by Crippen LogP contribution is -2.47. The van der Waals surface area contributed by atoms with E-state index in [1.54, 1.807) is 0 Å². The van der Waals surface area contributed by atoms with Crippen molar-refractivity contribution in [2.75, 3.05) is 33.2 Å². The van der Waals surface area contributed by atoms with E-state index in [1.807, 2.05) is 0 Å². The number of likely N-dealkylation sites (N-methyl/N-ethyl adjacent to an activating group) is 1. The molecule has 0 aliphatic carbocycles. The van der Waals surface area contributed by atoms with Crippen LogP contribution < -0.4 is 5.32 Å². The van der Waals surface area contributed by atoms with Crippen molar-refractivity contribution < 1.29 is 0 Å². The highest BCUT2D eigenvalue weighted by Crippen LogP contribution is 2.28. The Morgan fingerprint density at radius 3 is 2.60 bits per heavy atom. The summed E-state index contributed by atoms with van der Waals surface area (Å²) in [6.45, 7) is 12.0. The average Bonchev–Trinajstić information content (AvgIpc) is 2.70. The van der Waals surface area contributed by atoms with E-state index >= 15 is 0 Å². The number of nitrogens with one attached hydrogen (secondary N) is 1. The molecular formula is C17H35N3. The van der Waals surface area contributed by atoms with E-state index < -0.39 is 0 Å². The summed E-state index contributed by atoms with van der Waals surface area (Å²) < 4.78 is 0. The zero-order chi connectivity index (χ0) is 14.5. The molecule has 118 valence electrons. The summed E-state index contributed by atoms with van der Waals surface area (Å²) in [5, 5.41) is 3.79. The van der Waals surface area contributed by atoms with Crippen molar-refractivity contribution >= 4 is 0 Å². The van der Waals surface area contributed by atoms with E-state index in [-0.39, 0.29) is 0 Å². The first-order valence-corrected chi connectivity index (χ1v) is 8.83. The molecule has 1 N–H and O–H groups in total. The van der Waals surface area contributed by atoms with Crippen LogP contribution in [0.15, 0.2) is 0 Å². The van der Waals surface area contributed by atoms with Gasteiger partial charge in [0.2, 0.25) is 0 Å². The van der Waals surface area contributed by atoms with Crippen LogP contribution >= 0.6 is 0 Å². The van der Waals surface area contributed by atoms with E-state index in [1.165, 1.54) is 51.7 Å². The van der Waals surface area contributed by atoms with E-state index in [0.717, 1.165) is 24.5 Å². The maximum Gasteiger partial charge on any atom is 0.0223 e. The fraction of sp³-hybridized carbons (Fsp3) is 1.00. The van der Waals surface area contributed by atoms with Gasteiger partial charge < -0.3 is 10.2 Å². The zero-order valence-electron chi connectivity index (χ0n) is 14.1. The minimum atomic E-state index is 0.668. The normalized spacial score (nSPS) is 31.2. The van der Waals surface area contributed by atoms with E-state index in [0.29, 0.717) is 6.04 Å². The van der Waals surface area contributed by atoms with Gasteiger partial charge in [-0.2, -0.15) is 0 Å². The highest BCUT2D eigenvalue weighted by Gasteiger charge is 2.35. The summed E-state index contributed by atoms with van der Waals surface area (Å²) in [7, 11) is 2.34. The monoisotopic (exact) mass is 281 g/mol. The van der Waals surface area contributed by atoms with Gasteiger partial charge in [-0.1, -0.05) is 27.2 Å². The number of rotatable bonds is 7. The van der Waals surface area contributed by atoms with Crippen LogP contribution in [0.5, 0.6) is 0 Å². The molecule has 0 aromatic rings. The van der Waals surface area contributed by atoms with Gasteiger partial charge in [0.05, 0.1) is 0 Å². The van der Waals surface area contributed by atoms with Gasteiger partial charge in [-0.15, -0.1) is 0 Å². The van der Waals surface area contributed by atoms with Gasteiger partial charge in [0, 0.05) is 31.2 Å². The Bertz CT molecular complexity index is 281. The van der Waals surface area contributed by atoms with Crippen LogP contribution in [0.4, 0.5) is 0 Å². The molecule has 3 heteroatoms. The molecule has 4 atom stereocenters. The lowest BCUT2D eigenvalue weighted by atomic mass is 9.97. The lowest BCUT2D eigenvalue weighted by molar-refractivity contribution is 0.187. The number of hydrogen-bond donors (Lipinski definition) is 1. The van der Waals surface area contributed by atoms with Gasteiger partial charge in [-0.05, 0) is 51.7 Å². The summed E-state index contributed by atoms with van der Waals surface area (Å²) in [5.74, 6) is 0.778. The molecule has 0 saturated carbocycles. The second kappa shape index (κ2) is 7.77. The molecule has 3 nitrogen and oxygen atoms in total. The summed E-state index contributed by atoms with van der Waals surface area (Å²) in [4.78, 5) is 5.39. The van der Waals surface area contributed by atoms with Gasteiger partial charge in [-0.3, -0.25) is 4.90 Å². The Balaban J connectivity index is 1.89. The topological polar surface area (TPSA) is 18.5 Å². The van der Waals surface area contributed by atoms with Crippen molar-refractivity contribution in [3.8, 4) is 0 Å². The molecule has 0 radical (unpaired) electrons. The van der Waals surface area contributed by atoms with E-state index in [2.05, 4.69) is 42.9 Å². The van der Waals surface area contributed by atoms with Crippen molar-refractivity contribution in [2.45, 2.75) is 71.0 Å². The number of fused-ring (bicyclic) bond motifs is 2. The maximum absolute atomic E-state index is 3.79. The Hall–Kier alpha value is -0.120. The van der Waals surface area contributed by atoms with Crippen molar-refractivity contribution in [1.82, 2.24) is 15.1 Å². The minimum Gasteiger partial charge on any atom is -0.312 e. The quantitative estimate of drug-likeness (QED) is 0.774. The molecular weight excluding hydrogens is 246 g/mol. The fourth-order valence-electron chi connectivity index (χ4n) is 3.88. The highest BCUT2D eigenvalue weighted by molar-refractivity contribution is 4.92. The molecule has 0 aromatic heterocycles. The number of hydrogen-bond acceptors (Lipinski definition) is 3. The molecule has 2 aliphatic heterocycles. The van der Waals surface area contributed by atoms with Crippen molar-refractivity contribution in [2.24, 2.45) is 5.92 Å². The summed E-state index contributed by atoms with van der Waals surface area (Å²) in [6.07, 6.45) is 6.72. The fourth-order valence-corrected chi connectivity index (χ4v) is 3.88. The maximum atomic E-state index is 3.79. The van der Waals surface area contributed by atoms with Gasteiger partial charge in [-0.25, -0.2) is 0 Å². The third-order valence-corrected chi connectivity index (χ3v) is 5.67. The largest absolute Gasteiger partial charge is 0.312 e. The van der Waals surface area contributed by atoms with Crippen LogP contribution in [0.1, 0.15) is 52.9 Å². The third-order valence-electron chi connectivity index (χ3n) is 5.67. The van der Waals surface area contributed by atoms with Crippen molar-refractivity contribution in [3.05, 3.63) is 0 Å². The number of nitrogens with zero attached hydrogens (tertiary/aromatic N) is 2. The third kappa shape index (κ3) is 3.96. The predicted molar refractivity (Wildman–Crippen MR) is 87.2 cm³/mol. The Labute approximate surface area is 126 Å². The van der Waals surface area contributed by atoms with Crippen LogP contribution in [0.25, 0.3) is 0 Å². The molecule has 2 fully saturated rings. The zero-order valence-corrected chi connectivity index (χ0v) is 14.1. The van der Waals surface area contributed by atoms with Gasteiger partial charge in [0.1, 0.15) is 0 Å². The van der Waals surface area contributed by atoms with Crippen LogP contribution in [0, 0.1) is 5.92 Å². The summed E-state index contributed by atoms with van der Waals surface area (Å²) >= 11 is 0. The first kappa shape index (κ1) is 16.3. The first-order chi connectivity index (χ1) is 9.65. The van der Waals surface area contributed by atoms with Gasteiger partial charge in [0.25, 0.3) is 0 Å². The molecule has 0 amide bonds. The summed E-state index contributed by atoms with van der Waals surface area (Å²) in [5.41, 5.74) is 0. The molecule has 2 rings (SSSR count). The van der Waals surface area contributed by atoms with Crippen molar-refractivity contribution in [3.63, 3.8) is 0 Å². The first-order valence-electron chi connectivity index (χ1n) is 8.83. The van der Waals surface area contributed by atoms with Gasteiger partial charge >= 0.3 is 0 Å². The lowest BCUT2D eigenvalue weighted by Gasteiger charge is -2.32. The molecule has 0 aromatic carbocycles. The Kier molecular flexibility index (Phi) is 6.31. The molecule has 4 unspecified atom stereocenters. The average molecular weight is 281 g/mol. The van der Waals surface area contributed by atoms with Crippen LogP contribution in [-0.4, -0.2) is 61.2 Å². The highest BCUT2D eigenvalue weighted by atomic mass is 15.3. The molecule has 0 spiro atoms. The second-order valence-corrected chi connectivity index (χ2v) is 7.04. The molecule has 2 heterocycles. The molecule has 2 bridgehead atoms. The molecule has 2 aliphatic rings. The summed E-state index contributed by atoms with van der Waals surface area (Å²) in [6, 6.07) is 2.34. The van der Waals surface area contributed by atoms with Crippen LogP contribution in [-0.2, 0) is 0 Å². The van der Waals surface area contributed by atoms with Crippen LogP contribution in [0.3, 0.4) is 0 Å². The van der Waals surface area contributed by atoms with Crippen LogP contribution in [0.2, 0.25) is 0 Å². The molecule has 20 heavy (non-hydrogen) atoms. The van der Waals surface area contributed by atoms with E-state index in [9.17, 15) is 0 Å². The Morgan fingerprint density at radius 2 is 1.90 bits per heavy atom. The standard InChI is InChI=1S/C17H35N3/c1-5-10-18-17(14(3)6-2)13-20-11-9-15-7-8-16(12-20)19(15)4/h14-18H,5-13H2,1-4H3. The number of likely N-dealkylation sites (tertiary alicyclic amines) is 1. The predicted octanol–water partition coefficient (Wildman–Crippen LogP) is 2.57. The van der Waals surface area contributed by atoms with Gasteiger partial charge in [0.15, 0.2) is 0 Å². The Morgan fingerprint density at radius 1 is 1.15 bits per heavy atom. The SMILES string of the molecule is CCCNC(CN1CCC2CCC(C1)N2C)C(C)CC. The van der Waals surface area contributed by atoms with Crippen molar-refractivity contribution in [1.29, 1.82) is 0 Å². The molecule has 2 saturated heterocycles. The second-order valence-electron chi connectivity index (χ2n) is 7.04. The minimum absolute atomic E-state index is 0.668. The van der Waals surface area contributed by atoms with E-state index in [4.69, 9.17) is 0 Å². The smallest absolute Gasteiger partial charge is 0.0223 e.